The first-order valence-corrected chi connectivity index (χ1v) is 7.23. The van der Waals surface area contributed by atoms with E-state index < -0.39 is 0 Å². The Morgan fingerprint density at radius 3 is 2.95 bits per heavy atom. The van der Waals surface area contributed by atoms with Crippen LogP contribution in [0.2, 0.25) is 0 Å². The van der Waals surface area contributed by atoms with E-state index in [0.29, 0.717) is 12.1 Å². The van der Waals surface area contributed by atoms with Crippen LogP contribution in [0.4, 0.5) is 4.39 Å². The molecule has 106 valence electrons. The summed E-state index contributed by atoms with van der Waals surface area (Å²) in [6.45, 7) is 2.90. The number of ether oxygens (including phenoxy) is 1. The summed E-state index contributed by atoms with van der Waals surface area (Å²) in [6.07, 6.45) is 6.03. The third kappa shape index (κ3) is 4.29. The fraction of sp³-hybridized carbons (Fsp3) is 0.625. The molecule has 1 aliphatic rings. The zero-order chi connectivity index (χ0) is 13.7. The maximum absolute atomic E-state index is 13.1. The Hall–Kier alpha value is -0.930. The van der Waals surface area contributed by atoms with Gasteiger partial charge in [0.2, 0.25) is 0 Å². The lowest BCUT2D eigenvalue weighted by molar-refractivity contribution is 0.0998. The maximum Gasteiger partial charge on any atom is 0.123 e. The average molecular weight is 265 g/mol. The lowest BCUT2D eigenvalue weighted by atomic mass is 9.96. The van der Waals surface area contributed by atoms with Crippen molar-refractivity contribution < 1.29 is 9.13 Å². The van der Waals surface area contributed by atoms with Gasteiger partial charge in [0, 0.05) is 12.6 Å². The molecule has 0 spiro atoms. The molecule has 0 radical (unpaired) electrons. The van der Waals surface area contributed by atoms with Crippen molar-refractivity contribution in [1.82, 2.24) is 5.32 Å². The molecule has 1 aromatic carbocycles. The van der Waals surface area contributed by atoms with E-state index >= 15 is 0 Å². The monoisotopic (exact) mass is 265 g/mol. The second-order valence-corrected chi connectivity index (χ2v) is 5.47. The smallest absolute Gasteiger partial charge is 0.123 e. The largest absolute Gasteiger partial charge is 0.378 e. The molecule has 1 N–H and O–H groups in total. The van der Waals surface area contributed by atoms with Crippen LogP contribution in [0.25, 0.3) is 0 Å². The van der Waals surface area contributed by atoms with Gasteiger partial charge in [0.1, 0.15) is 5.82 Å². The highest BCUT2D eigenvalue weighted by atomic mass is 19.1. The predicted molar refractivity (Wildman–Crippen MR) is 75.9 cm³/mol. The number of likely N-dealkylation sites (N-methyl/N-ethyl adjacent to an activating group) is 1. The first-order chi connectivity index (χ1) is 9.19. The molecule has 2 rings (SSSR count). The minimum absolute atomic E-state index is 0.151. The second kappa shape index (κ2) is 7.01. The summed E-state index contributed by atoms with van der Waals surface area (Å²) in [6, 6.07) is 5.51. The molecule has 0 saturated carbocycles. The molecule has 1 aromatic rings. The summed E-state index contributed by atoms with van der Waals surface area (Å²) in [4.78, 5) is 0. The summed E-state index contributed by atoms with van der Waals surface area (Å²) in [7, 11) is 2.00. The summed E-state index contributed by atoms with van der Waals surface area (Å²) in [5, 5.41) is 3.37. The van der Waals surface area contributed by atoms with Crippen LogP contribution in [0.15, 0.2) is 18.2 Å². The van der Waals surface area contributed by atoms with Gasteiger partial charge in [0.05, 0.1) is 6.10 Å². The minimum atomic E-state index is -0.151. The van der Waals surface area contributed by atoms with Crippen LogP contribution < -0.4 is 5.32 Å². The van der Waals surface area contributed by atoms with E-state index in [2.05, 4.69) is 5.32 Å². The molecule has 2 unspecified atom stereocenters. The van der Waals surface area contributed by atoms with E-state index in [1.807, 2.05) is 20.0 Å². The van der Waals surface area contributed by atoms with Crippen molar-refractivity contribution in [3.63, 3.8) is 0 Å². The van der Waals surface area contributed by atoms with Crippen LogP contribution >= 0.6 is 0 Å². The lowest BCUT2D eigenvalue weighted by Crippen LogP contribution is -2.29. The van der Waals surface area contributed by atoms with E-state index in [4.69, 9.17) is 4.74 Å². The van der Waals surface area contributed by atoms with Gasteiger partial charge in [-0.3, -0.25) is 0 Å². The highest BCUT2D eigenvalue weighted by Crippen LogP contribution is 2.20. The van der Waals surface area contributed by atoms with Crippen LogP contribution in [0, 0.1) is 12.7 Å². The minimum Gasteiger partial charge on any atom is -0.378 e. The topological polar surface area (TPSA) is 21.3 Å². The highest BCUT2D eigenvalue weighted by Gasteiger charge is 2.17. The van der Waals surface area contributed by atoms with Crippen LogP contribution in [0.5, 0.6) is 0 Å². The van der Waals surface area contributed by atoms with Crippen LogP contribution in [-0.2, 0) is 11.2 Å². The molecule has 1 saturated heterocycles. The normalized spacial score (nSPS) is 20.7. The molecule has 1 aliphatic heterocycles. The zero-order valence-corrected chi connectivity index (χ0v) is 11.9. The Balaban J connectivity index is 1.86. The van der Waals surface area contributed by atoms with Crippen LogP contribution in [-0.4, -0.2) is 25.8 Å². The van der Waals surface area contributed by atoms with Crippen molar-refractivity contribution in [3.8, 4) is 0 Å². The van der Waals surface area contributed by atoms with Crippen LogP contribution in [0.1, 0.15) is 36.8 Å². The molecule has 0 aliphatic carbocycles. The van der Waals surface area contributed by atoms with Gasteiger partial charge in [0.25, 0.3) is 0 Å². The highest BCUT2D eigenvalue weighted by molar-refractivity contribution is 5.27. The summed E-state index contributed by atoms with van der Waals surface area (Å²) in [5.41, 5.74) is 2.27. The van der Waals surface area contributed by atoms with Gasteiger partial charge in [-0.2, -0.15) is 0 Å². The Bertz CT molecular complexity index is 402. The van der Waals surface area contributed by atoms with Crippen molar-refractivity contribution in [1.29, 1.82) is 0 Å². The average Bonchev–Trinajstić information content (AvgIpc) is 2.90. The van der Waals surface area contributed by atoms with E-state index in [9.17, 15) is 4.39 Å². The third-order valence-corrected chi connectivity index (χ3v) is 4.04. The van der Waals surface area contributed by atoms with Crippen molar-refractivity contribution in [3.05, 3.63) is 35.1 Å². The number of benzene rings is 1. The van der Waals surface area contributed by atoms with Gasteiger partial charge in [-0.15, -0.1) is 0 Å². The molecule has 1 fully saturated rings. The standard InChI is InChI=1S/C16H24FNO/c1-12-10-14(17)6-5-13(12)11-15(18-2)7-8-16-4-3-9-19-16/h5-6,10,15-16,18H,3-4,7-9,11H2,1-2H3. The summed E-state index contributed by atoms with van der Waals surface area (Å²) in [5.74, 6) is -0.151. The second-order valence-electron chi connectivity index (χ2n) is 5.47. The molecule has 0 amide bonds. The molecule has 2 atom stereocenters. The van der Waals surface area contributed by atoms with E-state index in [1.165, 1.54) is 18.4 Å². The van der Waals surface area contributed by atoms with Crippen molar-refractivity contribution >= 4 is 0 Å². The van der Waals surface area contributed by atoms with E-state index in [-0.39, 0.29) is 5.82 Å². The number of hydrogen-bond acceptors (Lipinski definition) is 2. The summed E-state index contributed by atoms with van der Waals surface area (Å²) >= 11 is 0. The van der Waals surface area contributed by atoms with E-state index in [1.54, 1.807) is 12.1 Å². The van der Waals surface area contributed by atoms with Gasteiger partial charge in [-0.1, -0.05) is 6.07 Å². The third-order valence-electron chi connectivity index (χ3n) is 4.04. The van der Waals surface area contributed by atoms with Gasteiger partial charge in [0.15, 0.2) is 0 Å². The summed E-state index contributed by atoms with van der Waals surface area (Å²) < 4.78 is 18.7. The Labute approximate surface area is 115 Å². The lowest BCUT2D eigenvalue weighted by Gasteiger charge is -2.19. The molecule has 3 heteroatoms. The number of nitrogens with one attached hydrogen (secondary N) is 1. The number of halogens is 1. The predicted octanol–water partition coefficient (Wildman–Crippen LogP) is 3.22. The molecule has 2 nitrogen and oxygen atoms in total. The molecule has 0 aromatic heterocycles. The fourth-order valence-electron chi connectivity index (χ4n) is 2.76. The van der Waals surface area contributed by atoms with Gasteiger partial charge >= 0.3 is 0 Å². The number of hydrogen-bond donors (Lipinski definition) is 1. The Morgan fingerprint density at radius 2 is 2.32 bits per heavy atom. The molecule has 19 heavy (non-hydrogen) atoms. The molecule has 1 heterocycles. The van der Waals surface area contributed by atoms with Crippen molar-refractivity contribution in [2.75, 3.05) is 13.7 Å². The molecular weight excluding hydrogens is 241 g/mol. The maximum atomic E-state index is 13.1. The first kappa shape index (κ1) is 14.5. The quantitative estimate of drug-likeness (QED) is 0.852. The number of rotatable bonds is 6. The molecular formula is C16H24FNO. The number of aryl methyl sites for hydroxylation is 1. The fourth-order valence-corrected chi connectivity index (χ4v) is 2.76. The van der Waals surface area contributed by atoms with Crippen molar-refractivity contribution in [2.45, 2.75) is 51.2 Å². The van der Waals surface area contributed by atoms with E-state index in [0.717, 1.165) is 31.4 Å². The molecule has 0 bridgehead atoms. The zero-order valence-electron chi connectivity index (χ0n) is 11.9. The Morgan fingerprint density at radius 1 is 1.47 bits per heavy atom. The van der Waals surface area contributed by atoms with Gasteiger partial charge in [-0.25, -0.2) is 4.39 Å². The Kier molecular flexibility index (Phi) is 5.34. The first-order valence-electron chi connectivity index (χ1n) is 7.23. The van der Waals surface area contributed by atoms with Crippen LogP contribution in [0.3, 0.4) is 0 Å². The van der Waals surface area contributed by atoms with Crippen molar-refractivity contribution in [2.24, 2.45) is 0 Å². The van der Waals surface area contributed by atoms with Gasteiger partial charge in [-0.05, 0) is 69.3 Å². The van der Waals surface area contributed by atoms with Gasteiger partial charge < -0.3 is 10.1 Å². The SMILES string of the molecule is CNC(CCC1CCCO1)Cc1ccc(F)cc1C.